The molecule has 278 valence electrons. The lowest BCUT2D eigenvalue weighted by atomic mass is 9.74. The summed E-state index contributed by atoms with van der Waals surface area (Å²) >= 11 is 3.62. The number of allylic oxidation sites excluding steroid dienone is 1. The van der Waals surface area contributed by atoms with Crippen molar-refractivity contribution in [2.45, 2.75) is 69.0 Å². The van der Waals surface area contributed by atoms with Gasteiger partial charge in [-0.05, 0) is 48.2 Å². The van der Waals surface area contributed by atoms with E-state index >= 15 is 4.79 Å². The van der Waals surface area contributed by atoms with Crippen molar-refractivity contribution in [1.82, 2.24) is 10.2 Å². The summed E-state index contributed by atoms with van der Waals surface area (Å²) in [6, 6.07) is 13.3. The second kappa shape index (κ2) is 15.9. The summed E-state index contributed by atoms with van der Waals surface area (Å²) in [6.45, 7) is 3.65. The summed E-state index contributed by atoms with van der Waals surface area (Å²) in [7, 11) is 3.06. The molecule has 5 bridgehead atoms. The molecule has 3 amide bonds. The predicted molar refractivity (Wildman–Crippen MR) is 195 cm³/mol. The van der Waals surface area contributed by atoms with Crippen LogP contribution in [-0.4, -0.2) is 97.5 Å². The van der Waals surface area contributed by atoms with E-state index in [1.807, 2.05) is 44.2 Å². The second-order valence-corrected chi connectivity index (χ2v) is 14.7. The minimum absolute atomic E-state index is 0.0448. The molecule has 1 spiro atoms. The summed E-state index contributed by atoms with van der Waals surface area (Å²) in [4.78, 5) is 61.1. The van der Waals surface area contributed by atoms with Crippen LogP contribution in [0.1, 0.15) is 44.8 Å². The van der Waals surface area contributed by atoms with Crippen molar-refractivity contribution in [2.75, 3.05) is 38.9 Å². The molecule has 2 aromatic carbocycles. The Morgan fingerprint density at radius 1 is 1.02 bits per heavy atom. The molecular weight excluding hydrogens is 734 g/mol. The maximum absolute atomic E-state index is 15.2. The van der Waals surface area contributed by atoms with E-state index in [9.17, 15) is 19.5 Å². The highest BCUT2D eigenvalue weighted by Gasteiger charge is 2.75. The molecule has 4 aliphatic rings. The Hall–Kier alpha value is -4.04. The molecule has 2 saturated heterocycles. The number of rotatable bonds is 9. The predicted octanol–water partition coefficient (Wildman–Crippen LogP) is 4.07. The van der Waals surface area contributed by atoms with Gasteiger partial charge in [0.1, 0.15) is 35.5 Å². The first-order valence-electron chi connectivity index (χ1n) is 17.7. The van der Waals surface area contributed by atoms with Crippen LogP contribution in [0.4, 0.5) is 5.69 Å². The molecule has 13 heteroatoms. The van der Waals surface area contributed by atoms with Gasteiger partial charge in [-0.15, -0.1) is 0 Å². The molecule has 4 aliphatic heterocycles. The van der Waals surface area contributed by atoms with Crippen molar-refractivity contribution < 1.29 is 43.2 Å². The number of fused-ring (bicyclic) bond motifs is 2. The summed E-state index contributed by atoms with van der Waals surface area (Å²) in [5.74, 6) is -3.76. The van der Waals surface area contributed by atoms with Crippen LogP contribution in [-0.2, 0) is 33.4 Å². The molecule has 2 fully saturated rings. The van der Waals surface area contributed by atoms with E-state index in [1.54, 1.807) is 54.5 Å². The number of carbonyl (C=O) groups excluding carboxylic acids is 4. The SMILES string of the molecule is CC[C@H](C)[C@H](CO)N1C(=O)[C@H]2[C@@H]3C(=O)O[C@H](c4ccccc4)[C@@H](COC)NC(=O)CC/C=C\CN(c4ccc(OC)cc4)C(=O)[C@H]1[C@@]21C=C(Br)[C@@H]3O1. The van der Waals surface area contributed by atoms with E-state index in [-0.39, 0.29) is 31.4 Å². The van der Waals surface area contributed by atoms with Gasteiger partial charge in [0.05, 0.1) is 38.3 Å². The molecule has 0 aliphatic carbocycles. The molecule has 0 radical (unpaired) electrons. The summed E-state index contributed by atoms with van der Waals surface area (Å²) < 4.78 is 24.4. The van der Waals surface area contributed by atoms with Crippen LogP contribution in [0.2, 0.25) is 0 Å². The van der Waals surface area contributed by atoms with Crippen LogP contribution in [0.5, 0.6) is 5.75 Å². The number of likely N-dealkylation sites (tertiary alicyclic amines) is 1. The molecule has 2 aromatic rings. The number of anilines is 1. The van der Waals surface area contributed by atoms with Crippen molar-refractivity contribution in [2.24, 2.45) is 17.8 Å². The Bertz CT molecular complexity index is 1700. The van der Waals surface area contributed by atoms with E-state index in [0.717, 1.165) is 0 Å². The molecule has 9 atom stereocenters. The Morgan fingerprint density at radius 2 is 1.75 bits per heavy atom. The highest BCUT2D eigenvalue weighted by Crippen LogP contribution is 2.59. The number of esters is 1. The zero-order valence-electron chi connectivity index (χ0n) is 29.8. The van der Waals surface area contributed by atoms with Crippen LogP contribution in [0.25, 0.3) is 0 Å². The zero-order valence-corrected chi connectivity index (χ0v) is 31.4. The third-order valence-corrected chi connectivity index (χ3v) is 11.5. The van der Waals surface area contributed by atoms with Crippen LogP contribution < -0.4 is 15.0 Å². The van der Waals surface area contributed by atoms with Crippen molar-refractivity contribution in [3.05, 3.63) is 82.9 Å². The number of amides is 3. The van der Waals surface area contributed by atoms with E-state index in [1.165, 1.54) is 12.0 Å². The van der Waals surface area contributed by atoms with Crippen molar-refractivity contribution in [1.29, 1.82) is 0 Å². The zero-order chi connectivity index (χ0) is 37.2. The minimum Gasteiger partial charge on any atom is -0.497 e. The lowest BCUT2D eigenvalue weighted by Gasteiger charge is -2.40. The summed E-state index contributed by atoms with van der Waals surface area (Å²) in [6.07, 6.45) is 4.65. The van der Waals surface area contributed by atoms with Gasteiger partial charge < -0.3 is 39.2 Å². The minimum atomic E-state index is -1.55. The number of halogens is 1. The molecule has 0 saturated carbocycles. The fraction of sp³-hybridized carbons (Fsp3) is 0.487. The molecule has 52 heavy (non-hydrogen) atoms. The number of hydrogen-bond acceptors (Lipinski definition) is 9. The van der Waals surface area contributed by atoms with Gasteiger partial charge >= 0.3 is 5.97 Å². The maximum Gasteiger partial charge on any atom is 0.313 e. The van der Waals surface area contributed by atoms with Crippen LogP contribution in [0.15, 0.2) is 77.3 Å². The first kappa shape index (κ1) is 37.7. The number of nitrogens with zero attached hydrogens (tertiary/aromatic N) is 2. The van der Waals surface area contributed by atoms with Crippen LogP contribution >= 0.6 is 15.9 Å². The van der Waals surface area contributed by atoms with Crippen LogP contribution in [0, 0.1) is 17.8 Å². The van der Waals surface area contributed by atoms with Crippen LogP contribution in [0.3, 0.4) is 0 Å². The van der Waals surface area contributed by atoms with Gasteiger partial charge in [0.25, 0.3) is 5.91 Å². The van der Waals surface area contributed by atoms with Gasteiger partial charge in [0, 0.05) is 30.2 Å². The fourth-order valence-electron chi connectivity index (χ4n) is 8.01. The number of hydrogen-bond donors (Lipinski definition) is 2. The van der Waals surface area contributed by atoms with Gasteiger partial charge in [-0.3, -0.25) is 19.2 Å². The number of aliphatic hydroxyl groups excluding tert-OH is 1. The van der Waals surface area contributed by atoms with Crippen molar-refractivity contribution in [3.63, 3.8) is 0 Å². The second-order valence-electron chi connectivity index (χ2n) is 13.8. The van der Waals surface area contributed by atoms with E-state index < -0.39 is 72.2 Å². The largest absolute Gasteiger partial charge is 0.497 e. The number of ether oxygens (including phenoxy) is 4. The Morgan fingerprint density at radius 3 is 2.40 bits per heavy atom. The Balaban J connectivity index is 1.51. The first-order chi connectivity index (χ1) is 25.1. The fourth-order valence-corrected chi connectivity index (χ4v) is 8.75. The molecule has 2 N–H and O–H groups in total. The van der Waals surface area contributed by atoms with Crippen molar-refractivity contribution >= 4 is 45.3 Å². The third kappa shape index (κ3) is 6.79. The maximum atomic E-state index is 15.2. The van der Waals surface area contributed by atoms with Gasteiger partial charge in [-0.25, -0.2) is 0 Å². The smallest absolute Gasteiger partial charge is 0.313 e. The highest BCUT2D eigenvalue weighted by molar-refractivity contribution is 9.11. The first-order valence-corrected chi connectivity index (χ1v) is 18.5. The molecule has 12 nitrogen and oxygen atoms in total. The van der Waals surface area contributed by atoms with Gasteiger partial charge in [0.2, 0.25) is 11.8 Å². The number of methoxy groups -OCH3 is 2. The number of benzene rings is 2. The summed E-state index contributed by atoms with van der Waals surface area (Å²) in [5.41, 5.74) is -0.376. The normalized spacial score (nSPS) is 31.1. The third-order valence-electron chi connectivity index (χ3n) is 10.8. The molecule has 4 heterocycles. The monoisotopic (exact) mass is 779 g/mol. The van der Waals surface area contributed by atoms with E-state index in [2.05, 4.69) is 21.2 Å². The lowest BCUT2D eigenvalue weighted by molar-refractivity contribution is -0.163. The number of cyclic esters (lactones) is 1. The average molecular weight is 781 g/mol. The number of aliphatic hydroxyl groups is 1. The number of nitrogens with one attached hydrogen (secondary N) is 1. The molecule has 0 unspecified atom stereocenters. The van der Waals surface area contributed by atoms with E-state index in [0.29, 0.717) is 34.3 Å². The molecule has 6 rings (SSSR count). The molecule has 0 aromatic heterocycles. The summed E-state index contributed by atoms with van der Waals surface area (Å²) in [5, 5.41) is 13.8. The van der Waals surface area contributed by atoms with Crippen molar-refractivity contribution in [3.8, 4) is 5.75 Å². The Labute approximate surface area is 312 Å². The van der Waals surface area contributed by atoms with Gasteiger partial charge in [-0.1, -0.05) is 78.7 Å². The van der Waals surface area contributed by atoms with E-state index in [4.69, 9.17) is 18.9 Å². The molecular formula is C39H46BrN3O9. The standard InChI is InChI=1S/C39H46BrN3O9/c1-5-23(2)29(21-44)43-35-37(47)42(25-15-17-26(50-4)18-16-25)19-11-7-10-14-30(45)41-28(22-49-3)33(24-12-8-6-9-13-24)51-38(48)31-32(36(43)46)39(35)20-27(40)34(31)52-39/h6-9,11-13,15-18,20,23,28-29,31-35,44H,5,10,14,19,21-22H2,1-4H3,(H,41,45)/b11-7-/t23-,28+,29-,31-,32+,33+,34-,35-,39+/m0/s1. The lowest BCUT2D eigenvalue weighted by Crippen LogP contribution is -2.59. The van der Waals surface area contributed by atoms with Gasteiger partial charge in [0.15, 0.2) is 0 Å². The quantitative estimate of drug-likeness (QED) is 0.285. The average Bonchev–Trinajstić information content (AvgIpc) is 3.75. The highest BCUT2D eigenvalue weighted by atomic mass is 79.9. The van der Waals surface area contributed by atoms with Gasteiger partial charge in [-0.2, -0.15) is 0 Å². The number of carbonyl (C=O) groups is 4. The topological polar surface area (TPSA) is 144 Å². The Kier molecular flexibility index (Phi) is 11.5.